The molecule has 6 N–H and O–H groups in total. The van der Waals surface area contributed by atoms with E-state index in [1.807, 2.05) is 118 Å². The van der Waals surface area contributed by atoms with Crippen molar-refractivity contribution in [2.45, 2.75) is 209 Å². The second-order valence-electron chi connectivity index (χ2n) is 28.7. The first-order valence-corrected chi connectivity index (χ1v) is 38.8. The van der Waals surface area contributed by atoms with Gasteiger partial charge in [0.2, 0.25) is 29.5 Å². The lowest BCUT2D eigenvalue weighted by Gasteiger charge is -2.32. The topological polar surface area (TPSA) is 341 Å². The minimum Gasteiger partial charge on any atom is -0.477 e. The van der Waals surface area contributed by atoms with Gasteiger partial charge >= 0.3 is 29.8 Å². The van der Waals surface area contributed by atoms with E-state index in [0.717, 1.165) is 67.4 Å². The molecule has 6 aliphatic rings. The molecule has 30 heteroatoms. The van der Waals surface area contributed by atoms with Crippen LogP contribution in [0.15, 0.2) is 124 Å². The van der Waals surface area contributed by atoms with Crippen LogP contribution in [0.1, 0.15) is 116 Å². The third-order valence-electron chi connectivity index (χ3n) is 20.7. The molecule has 0 aliphatic carbocycles. The molecular formula is C82H112Cl2N10O18. The molecule has 0 saturated carbocycles. The maximum atomic E-state index is 13.2. The fraction of sp³-hybridized carbons (Fsp3) is 0.561. The number of carbonyl (C=O) groups is 7. The summed E-state index contributed by atoms with van der Waals surface area (Å²) < 4.78 is 57.2. The Morgan fingerprint density at radius 2 is 0.955 bits per heavy atom. The summed E-state index contributed by atoms with van der Waals surface area (Å²) in [6.07, 6.45) is 10.9. The molecular weight excluding hydrogens is 1480 g/mol. The van der Waals surface area contributed by atoms with Crippen molar-refractivity contribution in [3.8, 4) is 12.8 Å². The largest absolute Gasteiger partial charge is 0.477 e. The number of hydrogen-bond donors (Lipinski definition) is 5. The number of aliphatic hydroxyl groups excluding tert-OH is 1. The number of benzene rings is 4. The summed E-state index contributed by atoms with van der Waals surface area (Å²) in [5.41, 5.74) is 6.12. The smallest absolute Gasteiger partial charge is 0.337 e. The fourth-order valence-corrected chi connectivity index (χ4v) is 14.2. The highest BCUT2D eigenvalue weighted by Gasteiger charge is 2.52. The normalized spacial score (nSPS) is 23.6. The highest BCUT2D eigenvalue weighted by atomic mass is 35.5. The summed E-state index contributed by atoms with van der Waals surface area (Å²) >= 11 is 12.4. The van der Waals surface area contributed by atoms with Gasteiger partial charge in [0.25, 0.3) is 0 Å². The van der Waals surface area contributed by atoms with Crippen LogP contribution in [0.4, 0.5) is 0 Å². The molecule has 3 unspecified atom stereocenters. The van der Waals surface area contributed by atoms with E-state index in [0.29, 0.717) is 86.3 Å². The van der Waals surface area contributed by atoms with Crippen LogP contribution in [0, 0.1) is 12.8 Å². The molecule has 3 fully saturated rings. The molecule has 0 aromatic heterocycles. The van der Waals surface area contributed by atoms with Crippen molar-refractivity contribution in [2.75, 3.05) is 88.0 Å². The summed E-state index contributed by atoms with van der Waals surface area (Å²) in [5.74, 6) is -1.69. The van der Waals surface area contributed by atoms with Crippen molar-refractivity contribution in [3.05, 3.63) is 141 Å². The molecule has 112 heavy (non-hydrogen) atoms. The molecule has 4 aromatic carbocycles. The SMILES string of the molecule is C#C.CC[C@]1(C(=O)OC)COC([C@@H]2CCCN2C(=O)[C@@H](NC(=O)[C@H](C)NC)C(C)O)=N1.CN[C@@H](C)C(=O)O[C@H](CN1CCC[C@H]1C1=N[C@@](Cc2cccc(Cl)c2)(C(=O)OC)CO1)C(C)OCc1ccccc1.COC(=O)[C@@]1(Cc2cccc(Cl)c2)COC([C@@H]2CCCN2C[C@@H](OC(=O)[C@H](C)N)C(C)OCc2ccccc2)=N1. The molecule has 0 spiro atoms. The number of nitrogens with one attached hydrogen (secondary N) is 3. The molecule has 612 valence electrons. The Balaban J connectivity index is 0.000000234. The molecule has 28 nitrogen and oxygen atoms in total. The lowest BCUT2D eigenvalue weighted by Crippen LogP contribution is -2.58. The summed E-state index contributed by atoms with van der Waals surface area (Å²) in [6, 6.07) is 30.8. The van der Waals surface area contributed by atoms with Gasteiger partial charge in [0.1, 0.15) is 56.2 Å². The Bertz CT molecular complexity index is 3880. The van der Waals surface area contributed by atoms with Crippen LogP contribution in [0.5, 0.6) is 0 Å². The van der Waals surface area contributed by atoms with Crippen molar-refractivity contribution >= 4 is 82.6 Å². The van der Waals surface area contributed by atoms with Gasteiger partial charge < -0.3 is 79.1 Å². The maximum Gasteiger partial charge on any atom is 0.337 e. The number of rotatable bonds is 33. The van der Waals surface area contributed by atoms with Crippen molar-refractivity contribution in [3.63, 3.8) is 0 Å². The molecule has 6 heterocycles. The molecule has 4 aromatic rings. The van der Waals surface area contributed by atoms with Crippen LogP contribution in [0.25, 0.3) is 0 Å². The number of terminal acetylenes is 1. The average molecular weight is 1600 g/mol. The van der Waals surface area contributed by atoms with E-state index in [1.54, 1.807) is 51.9 Å². The number of hydrogen-bond acceptors (Lipinski definition) is 26. The van der Waals surface area contributed by atoms with E-state index in [2.05, 4.69) is 43.6 Å². The van der Waals surface area contributed by atoms with Gasteiger partial charge in [-0.3, -0.25) is 29.0 Å². The summed E-state index contributed by atoms with van der Waals surface area (Å²) in [7, 11) is 7.38. The van der Waals surface area contributed by atoms with Crippen molar-refractivity contribution in [1.82, 2.24) is 30.7 Å². The highest BCUT2D eigenvalue weighted by molar-refractivity contribution is 6.31. The third kappa shape index (κ3) is 24.2. The number of amides is 2. The Morgan fingerprint density at radius 3 is 1.37 bits per heavy atom. The quantitative estimate of drug-likeness (QED) is 0.0186. The number of esters is 5. The Hall–Kier alpha value is -8.60. The highest BCUT2D eigenvalue weighted by Crippen LogP contribution is 2.35. The number of carbonyl (C=O) groups excluding carboxylic acids is 7. The standard InChI is InChI=1S/C31H40ClN3O6.C30H38ClN3O6.C19H32N4O6.C2H2/c1-21(33-3)29(36)41-27(22(2)39-19-23-10-6-5-7-11-23)18-35-15-9-14-26(35)28-34-31(20-40-28,30(37)38-4)17-24-12-8-13-25(32)16-24;1-20(32)28(35)40-26(21(2)38-18-22-9-5-4-6-10-22)17-34-14-8-13-25(34)27-33-30(19-39-27,29(36)37-3)16-23-11-7-12-24(31)15-23;1-6-19(18(27)28-5)10-29-16(22-19)13-8-7-9-23(13)17(26)14(12(3)24)21-15(25)11(2)20-4;1-2/h5-8,10-13,16,21-22,26-27,33H,9,14-15,17-20H2,1-4H3;4-7,9-12,15,20-21,25-26H,8,13-14,16-19,32H2,1-3H3;11-14,20,24H,6-10H2,1-5H3,(H,21,25);1-2H/t21-,22?,26-,27+,31+;20-,21?,25-,26+,30+;11-,12?,13-,14-,19+;/m000./s1. The van der Waals surface area contributed by atoms with Crippen LogP contribution in [-0.4, -0.2) is 257 Å². The van der Waals surface area contributed by atoms with E-state index in [-0.39, 0.29) is 49.9 Å². The fourth-order valence-electron chi connectivity index (χ4n) is 13.8. The van der Waals surface area contributed by atoms with Gasteiger partial charge in [0.15, 0.2) is 16.6 Å². The van der Waals surface area contributed by atoms with Gasteiger partial charge in [-0.2, -0.15) is 0 Å². The zero-order valence-electron chi connectivity index (χ0n) is 66.3. The van der Waals surface area contributed by atoms with Crippen molar-refractivity contribution in [1.29, 1.82) is 0 Å². The summed E-state index contributed by atoms with van der Waals surface area (Å²) in [5, 5.41) is 19.6. The van der Waals surface area contributed by atoms with Crippen LogP contribution in [0.2, 0.25) is 10.0 Å². The zero-order valence-corrected chi connectivity index (χ0v) is 67.8. The number of likely N-dealkylation sites (N-methyl/N-ethyl adjacent to an activating group) is 2. The summed E-state index contributed by atoms with van der Waals surface area (Å²) in [6.45, 7) is 16.0. The van der Waals surface area contributed by atoms with Crippen molar-refractivity contribution < 1.29 is 86.0 Å². The molecule has 10 rings (SSSR count). The van der Waals surface area contributed by atoms with Gasteiger partial charge in [-0.15, -0.1) is 12.8 Å². The van der Waals surface area contributed by atoms with Crippen LogP contribution in [0.3, 0.4) is 0 Å². The molecule has 2 amide bonds. The molecule has 6 aliphatic heterocycles. The summed E-state index contributed by atoms with van der Waals surface area (Å²) in [4.78, 5) is 109. The number of ether oxygens (including phenoxy) is 10. The third-order valence-corrected chi connectivity index (χ3v) is 21.1. The van der Waals surface area contributed by atoms with Crippen molar-refractivity contribution in [2.24, 2.45) is 20.7 Å². The number of likely N-dealkylation sites (tertiary alicyclic amines) is 3. The number of nitrogens with zero attached hydrogens (tertiary/aromatic N) is 6. The monoisotopic (exact) mass is 1590 g/mol. The van der Waals surface area contributed by atoms with Crippen LogP contribution >= 0.6 is 23.2 Å². The number of aliphatic imine (C=N–C) groups is 3. The predicted octanol–water partition coefficient (Wildman–Crippen LogP) is 6.81. The number of aliphatic hydroxyl groups is 1. The Kier molecular flexibility index (Phi) is 35.3. The number of nitrogens with two attached hydrogens (primary N) is 1. The van der Waals surface area contributed by atoms with E-state index >= 15 is 0 Å². The zero-order chi connectivity index (χ0) is 81.9. The lowest BCUT2D eigenvalue weighted by molar-refractivity contribution is -0.161. The number of methoxy groups -OCH3 is 3. The minimum atomic E-state index is -1.20. The maximum absolute atomic E-state index is 13.2. The van der Waals surface area contributed by atoms with E-state index in [1.165, 1.54) is 28.3 Å². The second kappa shape index (κ2) is 43.6. The van der Waals surface area contributed by atoms with E-state index in [4.69, 9.17) is 86.3 Å². The predicted molar refractivity (Wildman–Crippen MR) is 424 cm³/mol. The first-order chi connectivity index (χ1) is 53.6. The first kappa shape index (κ1) is 90.6. The van der Waals surface area contributed by atoms with E-state index in [9.17, 15) is 38.7 Å². The van der Waals surface area contributed by atoms with Gasteiger partial charge in [0.05, 0.1) is 71.0 Å². The van der Waals surface area contributed by atoms with E-state index < -0.39 is 101 Å². The molecule has 3 saturated heterocycles. The Morgan fingerprint density at radius 1 is 0.562 bits per heavy atom. The lowest BCUT2D eigenvalue weighted by atomic mass is 9.92. The Labute approximate surface area is 667 Å². The van der Waals surface area contributed by atoms with Crippen LogP contribution < -0.4 is 21.7 Å². The average Bonchev–Trinajstić information content (AvgIpc) is 1.64. The second-order valence-corrected chi connectivity index (χ2v) is 29.6. The minimum absolute atomic E-state index is 0.0697. The molecule has 0 bridgehead atoms. The van der Waals surface area contributed by atoms with Gasteiger partial charge in [-0.1, -0.05) is 115 Å². The molecule has 0 radical (unpaired) electrons. The van der Waals surface area contributed by atoms with Gasteiger partial charge in [0, 0.05) is 42.5 Å². The molecule has 15 atom stereocenters. The van der Waals surface area contributed by atoms with Gasteiger partial charge in [-0.05, 0) is 160 Å². The number of halogens is 2. The van der Waals surface area contributed by atoms with Crippen LogP contribution in [-0.2, 0) is 107 Å². The van der Waals surface area contributed by atoms with Gasteiger partial charge in [-0.25, -0.2) is 29.4 Å². The first-order valence-electron chi connectivity index (χ1n) is 38.0.